The molecule has 1 spiro atoms. The first-order valence-electron chi connectivity index (χ1n) is 7.62. The van der Waals surface area contributed by atoms with Crippen LogP contribution in [0, 0.1) is 12.3 Å². The van der Waals surface area contributed by atoms with Crippen molar-refractivity contribution in [2.45, 2.75) is 24.7 Å². The van der Waals surface area contributed by atoms with E-state index < -0.39 is 11.5 Å². The highest BCUT2D eigenvalue weighted by Gasteiger charge is 2.59. The van der Waals surface area contributed by atoms with E-state index in [1.807, 2.05) is 24.3 Å². The fourth-order valence-electron chi connectivity index (χ4n) is 3.82. The quantitative estimate of drug-likeness (QED) is 0.875. The molecule has 1 saturated heterocycles. The van der Waals surface area contributed by atoms with Crippen molar-refractivity contribution in [2.24, 2.45) is 5.41 Å². The van der Waals surface area contributed by atoms with Gasteiger partial charge in [0.2, 0.25) is 0 Å². The van der Waals surface area contributed by atoms with E-state index in [0.717, 1.165) is 16.7 Å². The molecule has 0 unspecified atom stereocenters. The van der Waals surface area contributed by atoms with E-state index in [1.165, 1.54) is 5.56 Å². The Balaban J connectivity index is 1.82. The maximum Gasteiger partial charge on any atom is 0.173 e. The van der Waals surface area contributed by atoms with Crippen LogP contribution in [-0.2, 0) is 6.42 Å². The summed E-state index contributed by atoms with van der Waals surface area (Å²) in [5.41, 5.74) is 3.53. The molecule has 1 heterocycles. The summed E-state index contributed by atoms with van der Waals surface area (Å²) in [5, 5.41) is 10.7. The third kappa shape index (κ3) is 1.82. The van der Waals surface area contributed by atoms with Gasteiger partial charge < -0.3 is 5.11 Å². The minimum atomic E-state index is -0.691. The molecule has 1 aliphatic carbocycles. The van der Waals surface area contributed by atoms with E-state index in [1.54, 1.807) is 11.8 Å². The molecule has 0 bridgehead atoms. The molecule has 4 rings (SSSR count). The fraction of sp³-hybridized carbons (Fsp3) is 0.316. The zero-order valence-electron chi connectivity index (χ0n) is 12.5. The number of carbonyl (C=O) groups excluding carboxylic acids is 1. The lowest BCUT2D eigenvalue weighted by molar-refractivity contribution is 0.0435. The van der Waals surface area contributed by atoms with Gasteiger partial charge in [-0.2, -0.15) is 0 Å². The van der Waals surface area contributed by atoms with Crippen LogP contribution in [0.1, 0.15) is 32.3 Å². The van der Waals surface area contributed by atoms with Crippen LogP contribution in [0.5, 0.6) is 0 Å². The van der Waals surface area contributed by atoms with E-state index in [2.05, 4.69) is 31.2 Å². The molecule has 2 aromatic rings. The number of ketones is 1. The van der Waals surface area contributed by atoms with Crippen molar-refractivity contribution in [3.05, 3.63) is 70.8 Å². The molecule has 22 heavy (non-hydrogen) atoms. The lowest BCUT2D eigenvalue weighted by Gasteiger charge is -2.32. The van der Waals surface area contributed by atoms with Crippen molar-refractivity contribution in [1.29, 1.82) is 0 Å². The Hall–Kier alpha value is -1.58. The zero-order chi connectivity index (χ0) is 15.3. The van der Waals surface area contributed by atoms with Gasteiger partial charge >= 0.3 is 0 Å². The van der Waals surface area contributed by atoms with Gasteiger partial charge in [0, 0.05) is 16.6 Å². The largest absolute Gasteiger partial charge is 0.391 e. The molecule has 2 aromatic carbocycles. The van der Waals surface area contributed by atoms with Gasteiger partial charge in [-0.15, -0.1) is 11.8 Å². The highest BCUT2D eigenvalue weighted by molar-refractivity contribution is 7.99. The van der Waals surface area contributed by atoms with Crippen molar-refractivity contribution in [3.8, 4) is 0 Å². The highest BCUT2D eigenvalue weighted by atomic mass is 32.2. The molecule has 2 aliphatic rings. The number of Topliss-reactive ketones (excluding diaryl/α,β-unsaturated/α-hetero) is 1. The second kappa shape index (κ2) is 4.97. The number of thioether (sulfide) groups is 1. The molecule has 3 heteroatoms. The van der Waals surface area contributed by atoms with Crippen molar-refractivity contribution < 1.29 is 9.90 Å². The van der Waals surface area contributed by atoms with Gasteiger partial charge in [-0.1, -0.05) is 54.1 Å². The third-order valence-electron chi connectivity index (χ3n) is 5.03. The van der Waals surface area contributed by atoms with Crippen LogP contribution in [0.25, 0.3) is 0 Å². The Kier molecular flexibility index (Phi) is 3.17. The van der Waals surface area contributed by atoms with Crippen LogP contribution in [-0.4, -0.2) is 22.7 Å². The number of fused-ring (bicyclic) bond motifs is 1. The molecule has 0 saturated carbocycles. The topological polar surface area (TPSA) is 37.3 Å². The van der Waals surface area contributed by atoms with E-state index in [4.69, 9.17) is 0 Å². The number of hydrogen-bond acceptors (Lipinski definition) is 3. The Morgan fingerprint density at radius 2 is 1.86 bits per heavy atom. The summed E-state index contributed by atoms with van der Waals surface area (Å²) in [6.07, 6.45) is 0.0676. The van der Waals surface area contributed by atoms with Crippen molar-refractivity contribution in [1.82, 2.24) is 0 Å². The maximum absolute atomic E-state index is 13.1. The first-order valence-corrected chi connectivity index (χ1v) is 8.67. The lowest BCUT2D eigenvalue weighted by Crippen LogP contribution is -2.41. The molecule has 1 fully saturated rings. The normalized spacial score (nSPS) is 30.0. The van der Waals surface area contributed by atoms with Gasteiger partial charge in [-0.3, -0.25) is 4.79 Å². The average molecular weight is 310 g/mol. The zero-order valence-corrected chi connectivity index (χ0v) is 13.3. The van der Waals surface area contributed by atoms with Gasteiger partial charge in [-0.25, -0.2) is 0 Å². The Labute approximate surface area is 134 Å². The number of rotatable bonds is 1. The number of aliphatic hydroxyl groups is 1. The number of benzene rings is 2. The van der Waals surface area contributed by atoms with E-state index in [0.29, 0.717) is 12.2 Å². The van der Waals surface area contributed by atoms with E-state index in [9.17, 15) is 9.90 Å². The second-order valence-corrected chi connectivity index (χ2v) is 7.48. The molecule has 0 aromatic heterocycles. The predicted octanol–water partition coefficient (Wildman–Crippen LogP) is 3.57. The van der Waals surface area contributed by atoms with Gasteiger partial charge in [0.05, 0.1) is 11.5 Å². The molecule has 1 N–H and O–H groups in total. The van der Waals surface area contributed by atoms with Crippen molar-refractivity contribution in [2.75, 3.05) is 5.75 Å². The molecule has 3 atom stereocenters. The van der Waals surface area contributed by atoms with Crippen LogP contribution in [0.2, 0.25) is 0 Å². The van der Waals surface area contributed by atoms with Gasteiger partial charge in [0.25, 0.3) is 0 Å². The Bertz CT molecular complexity index is 737. The predicted molar refractivity (Wildman–Crippen MR) is 89.3 cm³/mol. The molecule has 0 amide bonds. The summed E-state index contributed by atoms with van der Waals surface area (Å²) >= 11 is 1.71. The molecular formula is C19H18O2S. The first kappa shape index (κ1) is 14.0. The lowest BCUT2D eigenvalue weighted by atomic mass is 9.73. The number of carbonyl (C=O) groups is 1. The summed E-state index contributed by atoms with van der Waals surface area (Å²) in [4.78, 5) is 13.1. The SMILES string of the molecule is Cc1ccc([C@H]2SC[C@@H](O)[C@@]23Cc2ccccc2C3=O)cc1. The number of aryl methyl sites for hydroxylation is 1. The van der Waals surface area contributed by atoms with Gasteiger partial charge in [-0.05, 0) is 24.5 Å². The first-order chi connectivity index (χ1) is 10.6. The Morgan fingerprint density at radius 3 is 2.59 bits per heavy atom. The van der Waals surface area contributed by atoms with Gasteiger partial charge in [0.1, 0.15) is 0 Å². The minimum Gasteiger partial charge on any atom is -0.391 e. The number of hydrogen-bond donors (Lipinski definition) is 1. The van der Waals surface area contributed by atoms with Crippen LogP contribution in [0.3, 0.4) is 0 Å². The van der Waals surface area contributed by atoms with Gasteiger partial charge in [0.15, 0.2) is 5.78 Å². The van der Waals surface area contributed by atoms with Crippen LogP contribution in [0.15, 0.2) is 48.5 Å². The summed E-state index contributed by atoms with van der Waals surface area (Å²) < 4.78 is 0. The van der Waals surface area contributed by atoms with Crippen LogP contribution >= 0.6 is 11.8 Å². The van der Waals surface area contributed by atoms with E-state index in [-0.39, 0.29) is 11.0 Å². The Morgan fingerprint density at radius 1 is 1.14 bits per heavy atom. The van der Waals surface area contributed by atoms with Crippen molar-refractivity contribution >= 4 is 17.5 Å². The summed E-state index contributed by atoms with van der Waals surface area (Å²) in [5.74, 6) is 0.740. The summed E-state index contributed by atoms with van der Waals surface area (Å²) in [6, 6.07) is 16.2. The maximum atomic E-state index is 13.1. The smallest absolute Gasteiger partial charge is 0.173 e. The molecular weight excluding hydrogens is 292 g/mol. The van der Waals surface area contributed by atoms with Crippen LogP contribution < -0.4 is 0 Å². The summed E-state index contributed by atoms with van der Waals surface area (Å²) in [7, 11) is 0. The van der Waals surface area contributed by atoms with Crippen LogP contribution in [0.4, 0.5) is 0 Å². The molecule has 112 valence electrons. The monoisotopic (exact) mass is 310 g/mol. The number of aliphatic hydroxyl groups excluding tert-OH is 1. The molecule has 2 nitrogen and oxygen atoms in total. The standard InChI is InChI=1S/C19H18O2S/c1-12-6-8-13(9-7-12)18-19(16(20)11-22-18)10-14-4-2-3-5-15(14)17(19)21/h2-9,16,18,20H,10-11H2,1H3/t16-,18-,19-/m1/s1. The third-order valence-corrected chi connectivity index (χ3v) is 6.57. The van der Waals surface area contributed by atoms with Crippen molar-refractivity contribution in [3.63, 3.8) is 0 Å². The fourth-order valence-corrected chi connectivity index (χ4v) is 5.48. The molecule has 0 radical (unpaired) electrons. The molecule has 1 aliphatic heterocycles. The summed E-state index contributed by atoms with van der Waals surface area (Å²) in [6.45, 7) is 2.06. The van der Waals surface area contributed by atoms with E-state index >= 15 is 0 Å². The minimum absolute atomic E-state index is 0.0306. The second-order valence-electron chi connectivity index (χ2n) is 6.34. The average Bonchev–Trinajstić information content (AvgIpc) is 3.01. The highest BCUT2D eigenvalue weighted by Crippen LogP contribution is 2.59.